The fourth-order valence-corrected chi connectivity index (χ4v) is 2.59. The molecule has 0 spiro atoms. The lowest BCUT2D eigenvalue weighted by molar-refractivity contribution is -0.385. The minimum Gasteiger partial charge on any atom is -0.327 e. The zero-order valence-electron chi connectivity index (χ0n) is 9.56. The van der Waals surface area contributed by atoms with Gasteiger partial charge in [-0.25, -0.2) is 0 Å². The number of halogens is 1. The van der Waals surface area contributed by atoms with E-state index in [9.17, 15) is 10.1 Å². The first-order valence-electron chi connectivity index (χ1n) is 5.30. The van der Waals surface area contributed by atoms with E-state index < -0.39 is 0 Å². The molecule has 1 aromatic carbocycles. The van der Waals surface area contributed by atoms with Crippen molar-refractivity contribution in [1.29, 1.82) is 0 Å². The summed E-state index contributed by atoms with van der Waals surface area (Å²) in [5.74, 6) is 1.35. The van der Waals surface area contributed by atoms with E-state index in [0.29, 0.717) is 16.3 Å². The molecule has 0 amide bonds. The van der Waals surface area contributed by atoms with Crippen molar-refractivity contribution in [1.82, 2.24) is 0 Å². The summed E-state index contributed by atoms with van der Waals surface area (Å²) in [5.41, 5.74) is 6.55. The molecule has 6 heteroatoms. The van der Waals surface area contributed by atoms with Crippen LogP contribution in [0.4, 0.5) is 5.69 Å². The second-order valence-electron chi connectivity index (χ2n) is 3.71. The van der Waals surface area contributed by atoms with Gasteiger partial charge < -0.3 is 5.73 Å². The standard InChI is InChI=1S/C11H15ClN2O2S/c1-2-10(13)7-17-6-8-5-9(12)3-4-11(8)14(15)16/h3-5,10H,2,6-7,13H2,1H3. The van der Waals surface area contributed by atoms with Gasteiger partial charge in [0.15, 0.2) is 0 Å². The van der Waals surface area contributed by atoms with Crippen molar-refractivity contribution in [3.8, 4) is 0 Å². The number of benzene rings is 1. The molecule has 0 aliphatic carbocycles. The molecule has 0 aliphatic rings. The van der Waals surface area contributed by atoms with Crippen molar-refractivity contribution in [2.75, 3.05) is 5.75 Å². The first-order valence-corrected chi connectivity index (χ1v) is 6.84. The molecule has 94 valence electrons. The molecule has 0 aromatic heterocycles. The first-order chi connectivity index (χ1) is 8.04. The Labute approximate surface area is 110 Å². The number of hydrogen-bond acceptors (Lipinski definition) is 4. The van der Waals surface area contributed by atoms with Crippen LogP contribution in [0.3, 0.4) is 0 Å². The summed E-state index contributed by atoms with van der Waals surface area (Å²) in [5, 5.41) is 11.3. The molecule has 0 aliphatic heterocycles. The Hall–Kier alpha value is -0.780. The van der Waals surface area contributed by atoms with Crippen molar-refractivity contribution in [3.63, 3.8) is 0 Å². The molecule has 1 unspecified atom stereocenters. The third kappa shape index (κ3) is 4.53. The average Bonchev–Trinajstić information content (AvgIpc) is 2.28. The summed E-state index contributed by atoms with van der Waals surface area (Å²) in [6.45, 7) is 2.02. The van der Waals surface area contributed by atoms with E-state index in [-0.39, 0.29) is 16.7 Å². The Balaban J connectivity index is 2.68. The zero-order chi connectivity index (χ0) is 12.8. The quantitative estimate of drug-likeness (QED) is 0.639. The largest absolute Gasteiger partial charge is 0.327 e. The van der Waals surface area contributed by atoms with Crippen LogP contribution >= 0.6 is 23.4 Å². The normalized spacial score (nSPS) is 12.4. The third-order valence-electron chi connectivity index (χ3n) is 2.35. The Kier molecular flexibility index (Phi) is 5.74. The van der Waals surface area contributed by atoms with E-state index in [1.807, 2.05) is 6.92 Å². The Morgan fingerprint density at radius 1 is 1.59 bits per heavy atom. The van der Waals surface area contributed by atoms with Gasteiger partial charge in [0.25, 0.3) is 5.69 Å². The fourth-order valence-electron chi connectivity index (χ4n) is 1.29. The molecule has 0 bridgehead atoms. The highest BCUT2D eigenvalue weighted by Gasteiger charge is 2.14. The van der Waals surface area contributed by atoms with Crippen LogP contribution in [0.1, 0.15) is 18.9 Å². The lowest BCUT2D eigenvalue weighted by Gasteiger charge is -2.08. The SMILES string of the molecule is CCC(N)CSCc1cc(Cl)ccc1[N+](=O)[O-]. The molecule has 2 N–H and O–H groups in total. The van der Waals surface area contributed by atoms with Crippen molar-refractivity contribution in [2.24, 2.45) is 5.73 Å². The molecule has 0 saturated carbocycles. The molecule has 0 heterocycles. The molecule has 1 rings (SSSR count). The number of nitrogens with zero attached hydrogens (tertiary/aromatic N) is 1. The van der Waals surface area contributed by atoms with Crippen LogP contribution in [-0.4, -0.2) is 16.7 Å². The Bertz CT molecular complexity index is 401. The predicted molar refractivity (Wildman–Crippen MR) is 72.5 cm³/mol. The minimum atomic E-state index is -0.383. The van der Waals surface area contributed by atoms with Crippen LogP contribution in [0, 0.1) is 10.1 Å². The van der Waals surface area contributed by atoms with E-state index in [2.05, 4.69) is 0 Å². The molecular formula is C11H15ClN2O2S. The molecule has 1 atom stereocenters. The second kappa shape index (κ2) is 6.83. The van der Waals surface area contributed by atoms with Gasteiger partial charge in [0, 0.05) is 34.2 Å². The van der Waals surface area contributed by atoms with Crippen LogP contribution in [0.15, 0.2) is 18.2 Å². The smallest absolute Gasteiger partial charge is 0.273 e. The highest BCUT2D eigenvalue weighted by atomic mass is 35.5. The summed E-state index contributed by atoms with van der Waals surface area (Å²) < 4.78 is 0. The maximum absolute atomic E-state index is 10.8. The number of rotatable bonds is 6. The van der Waals surface area contributed by atoms with Gasteiger partial charge >= 0.3 is 0 Å². The Morgan fingerprint density at radius 2 is 2.29 bits per heavy atom. The summed E-state index contributed by atoms with van der Waals surface area (Å²) in [6, 6.07) is 4.76. The monoisotopic (exact) mass is 274 g/mol. The number of nitrogens with two attached hydrogens (primary N) is 1. The summed E-state index contributed by atoms with van der Waals surface area (Å²) in [6.07, 6.45) is 0.907. The zero-order valence-corrected chi connectivity index (χ0v) is 11.1. The van der Waals surface area contributed by atoms with Gasteiger partial charge in [-0.15, -0.1) is 0 Å². The third-order valence-corrected chi connectivity index (χ3v) is 3.77. The molecule has 0 saturated heterocycles. The predicted octanol–water partition coefficient (Wildman–Crippen LogP) is 3.22. The second-order valence-corrected chi connectivity index (χ2v) is 5.18. The van der Waals surface area contributed by atoms with Gasteiger partial charge in [-0.1, -0.05) is 18.5 Å². The van der Waals surface area contributed by atoms with E-state index in [0.717, 1.165) is 12.2 Å². The van der Waals surface area contributed by atoms with Gasteiger partial charge in [0.05, 0.1) is 4.92 Å². The highest BCUT2D eigenvalue weighted by Crippen LogP contribution is 2.26. The number of nitro benzene ring substituents is 1. The Morgan fingerprint density at radius 3 is 2.88 bits per heavy atom. The molecule has 0 radical (unpaired) electrons. The van der Waals surface area contributed by atoms with Gasteiger partial charge in [0.1, 0.15) is 0 Å². The van der Waals surface area contributed by atoms with E-state index in [1.165, 1.54) is 12.1 Å². The summed E-state index contributed by atoms with van der Waals surface area (Å²) in [7, 11) is 0. The number of nitro groups is 1. The van der Waals surface area contributed by atoms with Crippen LogP contribution in [-0.2, 0) is 5.75 Å². The average molecular weight is 275 g/mol. The van der Waals surface area contributed by atoms with Crippen molar-refractivity contribution < 1.29 is 4.92 Å². The lowest BCUT2D eigenvalue weighted by atomic mass is 10.2. The van der Waals surface area contributed by atoms with Crippen LogP contribution < -0.4 is 5.73 Å². The number of thioether (sulfide) groups is 1. The van der Waals surface area contributed by atoms with E-state index in [1.54, 1.807) is 17.8 Å². The lowest BCUT2D eigenvalue weighted by Crippen LogP contribution is -2.21. The van der Waals surface area contributed by atoms with Crippen LogP contribution in [0.25, 0.3) is 0 Å². The number of hydrogen-bond donors (Lipinski definition) is 1. The van der Waals surface area contributed by atoms with Gasteiger partial charge in [0.2, 0.25) is 0 Å². The van der Waals surface area contributed by atoms with Crippen molar-refractivity contribution in [3.05, 3.63) is 38.9 Å². The molecule has 0 fully saturated rings. The fraction of sp³-hybridized carbons (Fsp3) is 0.455. The summed E-state index contributed by atoms with van der Waals surface area (Å²) in [4.78, 5) is 10.4. The maximum Gasteiger partial charge on any atom is 0.273 e. The van der Waals surface area contributed by atoms with Gasteiger partial charge in [-0.05, 0) is 18.6 Å². The summed E-state index contributed by atoms with van der Waals surface area (Å²) >= 11 is 7.42. The van der Waals surface area contributed by atoms with Gasteiger partial charge in [-0.2, -0.15) is 11.8 Å². The molecule has 1 aromatic rings. The topological polar surface area (TPSA) is 69.2 Å². The van der Waals surface area contributed by atoms with Crippen LogP contribution in [0.5, 0.6) is 0 Å². The van der Waals surface area contributed by atoms with Crippen LogP contribution in [0.2, 0.25) is 5.02 Å². The molecule has 4 nitrogen and oxygen atoms in total. The van der Waals surface area contributed by atoms with E-state index >= 15 is 0 Å². The maximum atomic E-state index is 10.8. The minimum absolute atomic E-state index is 0.118. The first kappa shape index (κ1) is 14.3. The highest BCUT2D eigenvalue weighted by molar-refractivity contribution is 7.98. The van der Waals surface area contributed by atoms with Gasteiger partial charge in [-0.3, -0.25) is 10.1 Å². The van der Waals surface area contributed by atoms with Crippen molar-refractivity contribution in [2.45, 2.75) is 25.1 Å². The molecular weight excluding hydrogens is 260 g/mol. The van der Waals surface area contributed by atoms with Crippen molar-refractivity contribution >= 4 is 29.1 Å². The van der Waals surface area contributed by atoms with E-state index in [4.69, 9.17) is 17.3 Å². The molecule has 17 heavy (non-hydrogen) atoms.